The van der Waals surface area contributed by atoms with Gasteiger partial charge in [0.2, 0.25) is 0 Å². The van der Waals surface area contributed by atoms with E-state index >= 15 is 0 Å². The Morgan fingerprint density at radius 3 is 3.06 bits per heavy atom. The highest BCUT2D eigenvalue weighted by Crippen LogP contribution is 2.20. The van der Waals surface area contributed by atoms with Gasteiger partial charge in [-0.1, -0.05) is 11.6 Å². The lowest BCUT2D eigenvalue weighted by Crippen LogP contribution is -2.37. The van der Waals surface area contributed by atoms with Crippen molar-refractivity contribution < 1.29 is 9.84 Å². The van der Waals surface area contributed by atoms with Crippen LogP contribution in [0.4, 0.5) is 11.5 Å². The molecule has 1 aromatic heterocycles. The van der Waals surface area contributed by atoms with Crippen LogP contribution in [-0.2, 0) is 4.74 Å². The van der Waals surface area contributed by atoms with Crippen LogP contribution >= 0.6 is 11.6 Å². The quantitative estimate of drug-likeness (QED) is 0.687. The molecule has 2 rings (SSSR count). The van der Waals surface area contributed by atoms with E-state index in [1.807, 2.05) is 0 Å². The first-order valence-electron chi connectivity index (χ1n) is 5.04. The van der Waals surface area contributed by atoms with Crippen LogP contribution < -0.4 is 11.1 Å². The van der Waals surface area contributed by atoms with Crippen molar-refractivity contribution in [3.8, 4) is 0 Å². The molecule has 88 valence electrons. The highest BCUT2D eigenvalue weighted by molar-refractivity contribution is 6.29. The SMILES string of the molecule is Nc1cc(Cl)nc(NCC2(O)CCOC2)c1. The van der Waals surface area contributed by atoms with Crippen molar-refractivity contribution in [2.75, 3.05) is 30.8 Å². The van der Waals surface area contributed by atoms with Gasteiger partial charge in [0.05, 0.1) is 6.61 Å². The lowest BCUT2D eigenvalue weighted by atomic mass is 10.0. The predicted molar refractivity (Wildman–Crippen MR) is 62.5 cm³/mol. The average molecular weight is 244 g/mol. The van der Waals surface area contributed by atoms with E-state index < -0.39 is 5.60 Å². The van der Waals surface area contributed by atoms with Gasteiger partial charge in [-0.15, -0.1) is 0 Å². The summed E-state index contributed by atoms with van der Waals surface area (Å²) in [5, 5.41) is 13.3. The van der Waals surface area contributed by atoms with Crippen molar-refractivity contribution >= 4 is 23.1 Å². The van der Waals surface area contributed by atoms with Gasteiger partial charge in [-0.05, 0) is 6.07 Å². The minimum Gasteiger partial charge on any atom is -0.399 e. The number of nitrogens with two attached hydrogens (primary N) is 1. The standard InChI is InChI=1S/C10H14ClN3O2/c11-8-3-7(12)4-9(14-8)13-5-10(15)1-2-16-6-10/h3-4,15H,1-2,5-6H2,(H3,12,13,14). The van der Waals surface area contributed by atoms with E-state index in [0.29, 0.717) is 42.8 Å². The monoisotopic (exact) mass is 243 g/mol. The molecule has 1 aromatic rings. The summed E-state index contributed by atoms with van der Waals surface area (Å²) in [6.07, 6.45) is 0.621. The average Bonchev–Trinajstić information content (AvgIpc) is 2.62. The number of nitrogens with zero attached hydrogens (tertiary/aromatic N) is 1. The largest absolute Gasteiger partial charge is 0.399 e. The van der Waals surface area contributed by atoms with E-state index in [4.69, 9.17) is 22.1 Å². The highest BCUT2D eigenvalue weighted by Gasteiger charge is 2.31. The second-order valence-corrected chi connectivity index (χ2v) is 4.38. The summed E-state index contributed by atoms with van der Waals surface area (Å²) in [5.74, 6) is 0.560. The first kappa shape index (κ1) is 11.4. The first-order valence-corrected chi connectivity index (χ1v) is 5.42. The van der Waals surface area contributed by atoms with Crippen LogP contribution in [0.5, 0.6) is 0 Å². The minimum absolute atomic E-state index is 0.331. The first-order chi connectivity index (χ1) is 7.57. The summed E-state index contributed by atoms with van der Waals surface area (Å²) >= 11 is 5.76. The number of halogens is 1. The molecule has 0 radical (unpaired) electrons. The maximum atomic E-state index is 10.0. The summed E-state index contributed by atoms with van der Waals surface area (Å²) in [4.78, 5) is 4.05. The predicted octanol–water partition coefficient (Wildman–Crippen LogP) is 0.881. The lowest BCUT2D eigenvalue weighted by Gasteiger charge is -2.21. The van der Waals surface area contributed by atoms with Crippen molar-refractivity contribution in [2.24, 2.45) is 0 Å². The number of ether oxygens (including phenoxy) is 1. The smallest absolute Gasteiger partial charge is 0.133 e. The van der Waals surface area contributed by atoms with Crippen LogP contribution in [0.2, 0.25) is 5.15 Å². The molecule has 1 aliphatic rings. The fourth-order valence-electron chi connectivity index (χ4n) is 1.60. The Kier molecular flexibility index (Phi) is 3.18. The summed E-state index contributed by atoms with van der Waals surface area (Å²) in [6, 6.07) is 3.24. The van der Waals surface area contributed by atoms with Crippen molar-refractivity contribution in [2.45, 2.75) is 12.0 Å². The molecule has 0 aromatic carbocycles. The van der Waals surface area contributed by atoms with Gasteiger partial charge in [0.25, 0.3) is 0 Å². The Hall–Kier alpha value is -1.04. The number of aliphatic hydroxyl groups is 1. The zero-order chi connectivity index (χ0) is 11.6. The Balaban J connectivity index is 1.98. The molecule has 1 unspecified atom stereocenters. The molecule has 0 saturated carbocycles. The van der Waals surface area contributed by atoms with Crippen LogP contribution in [0.15, 0.2) is 12.1 Å². The van der Waals surface area contributed by atoms with Crippen LogP contribution in [-0.4, -0.2) is 35.5 Å². The van der Waals surface area contributed by atoms with E-state index in [9.17, 15) is 5.11 Å². The molecule has 16 heavy (non-hydrogen) atoms. The van der Waals surface area contributed by atoms with E-state index in [0.717, 1.165) is 0 Å². The molecule has 0 spiro atoms. The second-order valence-electron chi connectivity index (χ2n) is 3.99. The third kappa shape index (κ3) is 2.75. The summed E-state index contributed by atoms with van der Waals surface area (Å²) in [6.45, 7) is 1.30. The minimum atomic E-state index is -0.821. The van der Waals surface area contributed by atoms with Crippen LogP contribution in [0.3, 0.4) is 0 Å². The van der Waals surface area contributed by atoms with Gasteiger partial charge in [-0.2, -0.15) is 0 Å². The molecule has 6 heteroatoms. The van der Waals surface area contributed by atoms with Crippen LogP contribution in [0.25, 0.3) is 0 Å². The summed E-state index contributed by atoms with van der Waals surface area (Å²) < 4.78 is 5.13. The molecule has 1 saturated heterocycles. The lowest BCUT2D eigenvalue weighted by molar-refractivity contribution is 0.0381. The van der Waals surface area contributed by atoms with E-state index in [1.165, 1.54) is 0 Å². The number of aromatic nitrogens is 1. The van der Waals surface area contributed by atoms with Gasteiger partial charge in [0.1, 0.15) is 16.6 Å². The number of nitrogen functional groups attached to an aromatic ring is 1. The fourth-order valence-corrected chi connectivity index (χ4v) is 1.82. The summed E-state index contributed by atoms with van der Waals surface area (Å²) in [7, 11) is 0. The van der Waals surface area contributed by atoms with Crippen molar-refractivity contribution in [1.29, 1.82) is 0 Å². The molecular formula is C10H14ClN3O2. The molecule has 5 nitrogen and oxygen atoms in total. The third-order valence-electron chi connectivity index (χ3n) is 2.50. The summed E-state index contributed by atoms with van der Waals surface area (Å²) in [5.41, 5.74) is 5.34. The van der Waals surface area contributed by atoms with Crippen molar-refractivity contribution in [1.82, 2.24) is 4.98 Å². The Bertz CT molecular complexity index is 360. The van der Waals surface area contributed by atoms with Gasteiger partial charge in [-0.3, -0.25) is 0 Å². The Morgan fingerprint density at radius 2 is 2.44 bits per heavy atom. The number of hydrogen-bond acceptors (Lipinski definition) is 5. The van der Waals surface area contributed by atoms with E-state index in [2.05, 4.69) is 10.3 Å². The maximum Gasteiger partial charge on any atom is 0.133 e. The van der Waals surface area contributed by atoms with Gasteiger partial charge < -0.3 is 20.9 Å². The molecule has 4 N–H and O–H groups in total. The van der Waals surface area contributed by atoms with E-state index in [1.54, 1.807) is 12.1 Å². The zero-order valence-electron chi connectivity index (χ0n) is 8.74. The molecule has 0 amide bonds. The molecule has 0 bridgehead atoms. The number of nitrogens with one attached hydrogen (secondary N) is 1. The highest BCUT2D eigenvalue weighted by atomic mass is 35.5. The van der Waals surface area contributed by atoms with Gasteiger partial charge >= 0.3 is 0 Å². The molecule has 1 aliphatic heterocycles. The Labute approximate surface area is 98.6 Å². The van der Waals surface area contributed by atoms with Gasteiger partial charge in [0.15, 0.2) is 0 Å². The van der Waals surface area contributed by atoms with Gasteiger partial charge in [0, 0.05) is 31.3 Å². The molecule has 2 heterocycles. The zero-order valence-corrected chi connectivity index (χ0v) is 9.50. The van der Waals surface area contributed by atoms with Crippen molar-refractivity contribution in [3.63, 3.8) is 0 Å². The molecular weight excluding hydrogens is 230 g/mol. The fraction of sp³-hybridized carbons (Fsp3) is 0.500. The van der Waals surface area contributed by atoms with E-state index in [-0.39, 0.29) is 0 Å². The number of anilines is 2. The van der Waals surface area contributed by atoms with Crippen LogP contribution in [0, 0.1) is 0 Å². The Morgan fingerprint density at radius 1 is 1.62 bits per heavy atom. The number of hydrogen-bond donors (Lipinski definition) is 3. The van der Waals surface area contributed by atoms with Crippen LogP contribution in [0.1, 0.15) is 6.42 Å². The third-order valence-corrected chi connectivity index (χ3v) is 2.69. The van der Waals surface area contributed by atoms with Crippen molar-refractivity contribution in [3.05, 3.63) is 17.3 Å². The maximum absolute atomic E-state index is 10.0. The molecule has 1 atom stereocenters. The molecule has 1 fully saturated rings. The molecule has 0 aliphatic carbocycles. The number of rotatable bonds is 3. The topological polar surface area (TPSA) is 80.4 Å². The number of pyridine rings is 1. The van der Waals surface area contributed by atoms with Gasteiger partial charge in [-0.25, -0.2) is 4.98 Å². The normalized spacial score (nSPS) is 24.6. The second kappa shape index (κ2) is 4.45.